The van der Waals surface area contributed by atoms with Crippen LogP contribution >= 0.6 is 0 Å². The Morgan fingerprint density at radius 3 is 1.72 bits per heavy atom. The van der Waals surface area contributed by atoms with Gasteiger partial charge in [0.1, 0.15) is 0 Å². The number of nitrogens with zero attached hydrogens (tertiary/aromatic N) is 3. The molecular weight excluding hydrogens is 576 g/mol. The molecule has 1 unspecified atom stereocenters. The normalized spacial score (nSPS) is 15.1. The highest BCUT2D eigenvalue weighted by Gasteiger charge is 2.25. The molecule has 1 aliphatic carbocycles. The molecule has 0 amide bonds. The minimum absolute atomic E-state index is 0.0266. The maximum absolute atomic E-state index is 13.7. The van der Waals surface area contributed by atoms with Crippen molar-refractivity contribution in [1.82, 2.24) is 0 Å². The van der Waals surface area contributed by atoms with E-state index in [0.717, 1.165) is 59.0 Å². The van der Waals surface area contributed by atoms with Crippen LogP contribution in [0, 0.1) is 5.92 Å². The zero-order chi connectivity index (χ0) is 34.2. The highest BCUT2D eigenvalue weighted by molar-refractivity contribution is 6.26. The van der Waals surface area contributed by atoms with Gasteiger partial charge in [0.15, 0.2) is 5.78 Å². The Labute approximate surface area is 284 Å². The molecule has 5 heteroatoms. The van der Waals surface area contributed by atoms with E-state index in [1.165, 1.54) is 16.9 Å². The van der Waals surface area contributed by atoms with Crippen molar-refractivity contribution >= 4 is 34.2 Å². The van der Waals surface area contributed by atoms with Gasteiger partial charge in [0, 0.05) is 60.3 Å². The highest BCUT2D eigenvalue weighted by Crippen LogP contribution is 2.31. The summed E-state index contributed by atoms with van der Waals surface area (Å²) in [6.45, 7) is 24.0. The van der Waals surface area contributed by atoms with Crippen molar-refractivity contribution in [2.45, 2.75) is 100 Å². The molecule has 0 fully saturated rings. The highest BCUT2D eigenvalue weighted by atomic mass is 16.1. The Morgan fingerprint density at radius 1 is 0.723 bits per heavy atom. The summed E-state index contributed by atoms with van der Waals surface area (Å²) < 4.78 is 0. The SMILES string of the molecule is CCC(c1ccc(NC2=CC(=O)C(Cc3ccc(N(CC)C(C)C)cc3)=C(C)C2=Nc2ccc(N(CC)C(C)C)cc2)cc1)C(C)C. The predicted molar refractivity (Wildman–Crippen MR) is 204 cm³/mol. The van der Waals surface area contributed by atoms with E-state index in [2.05, 4.69) is 150 Å². The molecule has 250 valence electrons. The number of anilines is 3. The van der Waals surface area contributed by atoms with Gasteiger partial charge in [0.05, 0.1) is 17.1 Å². The fourth-order valence-electron chi connectivity index (χ4n) is 6.89. The zero-order valence-electron chi connectivity index (χ0n) is 30.4. The average Bonchev–Trinajstić information content (AvgIpc) is 3.04. The Balaban J connectivity index is 1.69. The van der Waals surface area contributed by atoms with E-state index in [0.29, 0.717) is 30.3 Å². The molecule has 4 rings (SSSR count). The van der Waals surface area contributed by atoms with Crippen LogP contribution in [0.2, 0.25) is 0 Å². The van der Waals surface area contributed by atoms with Gasteiger partial charge in [-0.1, -0.05) is 45.0 Å². The summed E-state index contributed by atoms with van der Waals surface area (Å²) in [6, 6.07) is 26.6. The molecule has 0 radical (unpaired) electrons. The van der Waals surface area contributed by atoms with Crippen LogP contribution in [0.4, 0.5) is 22.7 Å². The van der Waals surface area contributed by atoms with Gasteiger partial charge < -0.3 is 15.1 Å². The smallest absolute Gasteiger partial charge is 0.184 e. The lowest BCUT2D eigenvalue weighted by Crippen LogP contribution is -2.30. The van der Waals surface area contributed by atoms with E-state index in [-0.39, 0.29) is 5.78 Å². The molecule has 5 nitrogen and oxygen atoms in total. The molecule has 0 saturated heterocycles. The van der Waals surface area contributed by atoms with Crippen LogP contribution in [0.5, 0.6) is 0 Å². The number of carbonyl (C=O) groups is 1. The summed E-state index contributed by atoms with van der Waals surface area (Å²) >= 11 is 0. The van der Waals surface area contributed by atoms with E-state index in [4.69, 9.17) is 4.99 Å². The summed E-state index contributed by atoms with van der Waals surface area (Å²) in [4.78, 5) is 23.7. The second kappa shape index (κ2) is 16.1. The van der Waals surface area contributed by atoms with Crippen LogP contribution < -0.4 is 15.1 Å². The average molecular weight is 633 g/mol. The van der Waals surface area contributed by atoms with Gasteiger partial charge in [-0.05, 0) is 132 Å². The van der Waals surface area contributed by atoms with Gasteiger partial charge in [-0.3, -0.25) is 4.79 Å². The summed E-state index contributed by atoms with van der Waals surface area (Å²) in [5.74, 6) is 1.13. The summed E-state index contributed by atoms with van der Waals surface area (Å²) in [6.07, 6.45) is 3.40. The Kier molecular flexibility index (Phi) is 12.3. The van der Waals surface area contributed by atoms with E-state index < -0.39 is 0 Å². The zero-order valence-corrected chi connectivity index (χ0v) is 30.4. The lowest BCUT2D eigenvalue weighted by Gasteiger charge is -2.28. The number of hydrogen-bond acceptors (Lipinski definition) is 5. The van der Waals surface area contributed by atoms with Gasteiger partial charge in [-0.15, -0.1) is 0 Å². The molecule has 1 aliphatic rings. The molecule has 0 heterocycles. The van der Waals surface area contributed by atoms with Crippen molar-refractivity contribution in [2.24, 2.45) is 10.9 Å². The third-order valence-corrected chi connectivity index (χ3v) is 9.50. The number of aliphatic imine (C=N–C) groups is 1. The third-order valence-electron chi connectivity index (χ3n) is 9.50. The number of rotatable bonds is 14. The van der Waals surface area contributed by atoms with E-state index in [1.807, 2.05) is 6.92 Å². The molecule has 0 bridgehead atoms. The van der Waals surface area contributed by atoms with Gasteiger partial charge in [-0.2, -0.15) is 0 Å². The standard InChI is InChI=1S/C42H56N4O/c1-11-38(28(4)5)33-16-18-34(19-17-33)43-40-27-41(47)39(26-32-14-22-36(23-15-32)45(12-2)29(6)7)31(10)42(40)44-35-20-24-37(25-21-35)46(13-3)30(8)9/h14-25,27-30,38,43H,11-13,26H2,1-10H3. The number of hydrogen-bond donors (Lipinski definition) is 1. The van der Waals surface area contributed by atoms with E-state index >= 15 is 0 Å². The van der Waals surface area contributed by atoms with E-state index in [1.54, 1.807) is 6.08 Å². The Morgan fingerprint density at radius 2 is 1.26 bits per heavy atom. The fourth-order valence-corrected chi connectivity index (χ4v) is 6.89. The van der Waals surface area contributed by atoms with Crippen LogP contribution in [0.25, 0.3) is 0 Å². The molecule has 0 aromatic heterocycles. The van der Waals surface area contributed by atoms with Crippen molar-refractivity contribution < 1.29 is 4.79 Å². The first kappa shape index (κ1) is 35.7. The van der Waals surface area contributed by atoms with Crippen molar-refractivity contribution in [3.05, 3.63) is 107 Å². The first-order valence-electron chi connectivity index (χ1n) is 17.6. The van der Waals surface area contributed by atoms with Crippen molar-refractivity contribution in [3.63, 3.8) is 0 Å². The second-order valence-corrected chi connectivity index (χ2v) is 13.6. The molecule has 3 aromatic carbocycles. The maximum Gasteiger partial charge on any atom is 0.184 e. The number of nitrogens with one attached hydrogen (secondary N) is 1. The Bertz CT molecular complexity index is 1580. The van der Waals surface area contributed by atoms with Gasteiger partial charge >= 0.3 is 0 Å². The molecule has 47 heavy (non-hydrogen) atoms. The third kappa shape index (κ3) is 8.62. The van der Waals surface area contributed by atoms with Crippen molar-refractivity contribution in [3.8, 4) is 0 Å². The summed E-state index contributed by atoms with van der Waals surface area (Å²) in [5, 5.41) is 3.56. The molecule has 0 aliphatic heterocycles. The van der Waals surface area contributed by atoms with Crippen LogP contribution in [-0.4, -0.2) is 36.7 Å². The molecule has 1 N–H and O–H groups in total. The lowest BCUT2D eigenvalue weighted by atomic mass is 9.86. The largest absolute Gasteiger partial charge is 0.369 e. The Hall–Kier alpha value is -4.12. The number of allylic oxidation sites excluding steroid dienone is 3. The summed E-state index contributed by atoms with van der Waals surface area (Å²) in [5.41, 5.74) is 9.87. The number of benzene rings is 3. The van der Waals surface area contributed by atoms with Gasteiger partial charge in [0.25, 0.3) is 0 Å². The monoisotopic (exact) mass is 632 g/mol. The van der Waals surface area contributed by atoms with Crippen LogP contribution in [0.3, 0.4) is 0 Å². The maximum atomic E-state index is 13.7. The van der Waals surface area contributed by atoms with Crippen molar-refractivity contribution in [2.75, 3.05) is 28.2 Å². The lowest BCUT2D eigenvalue weighted by molar-refractivity contribution is -0.111. The van der Waals surface area contributed by atoms with E-state index in [9.17, 15) is 4.79 Å². The predicted octanol–water partition coefficient (Wildman–Crippen LogP) is 10.5. The van der Waals surface area contributed by atoms with Crippen molar-refractivity contribution in [1.29, 1.82) is 0 Å². The minimum Gasteiger partial charge on any atom is -0.369 e. The number of ketones is 1. The first-order valence-corrected chi connectivity index (χ1v) is 17.6. The van der Waals surface area contributed by atoms with Crippen LogP contribution in [0.15, 0.2) is 101 Å². The topological polar surface area (TPSA) is 47.9 Å². The van der Waals surface area contributed by atoms with Gasteiger partial charge in [-0.25, -0.2) is 4.99 Å². The quantitative estimate of drug-likeness (QED) is 0.180. The summed E-state index contributed by atoms with van der Waals surface area (Å²) in [7, 11) is 0. The molecule has 1 atom stereocenters. The molecule has 3 aromatic rings. The number of carbonyl (C=O) groups excluding carboxylic acids is 1. The first-order chi connectivity index (χ1) is 22.5. The second-order valence-electron chi connectivity index (χ2n) is 13.6. The fraction of sp³-hybridized carbons (Fsp3) is 0.429. The van der Waals surface area contributed by atoms with Crippen LogP contribution in [0.1, 0.15) is 92.7 Å². The molecule has 0 saturated carbocycles. The minimum atomic E-state index is 0.0266. The van der Waals surface area contributed by atoms with Crippen LogP contribution in [-0.2, 0) is 11.2 Å². The molecular formula is C42H56N4O. The molecule has 0 spiro atoms. The van der Waals surface area contributed by atoms with Gasteiger partial charge in [0.2, 0.25) is 0 Å².